The van der Waals surface area contributed by atoms with Crippen LogP contribution in [-0.2, 0) is 11.3 Å². The zero-order chi connectivity index (χ0) is 21.7. The number of nitrogens with one attached hydrogen (secondary N) is 1. The van der Waals surface area contributed by atoms with Gasteiger partial charge in [0.1, 0.15) is 11.4 Å². The average Bonchev–Trinajstić information content (AvgIpc) is 2.73. The maximum atomic E-state index is 12.6. The number of nitrogens with zero attached hydrogens (tertiary/aromatic N) is 3. The van der Waals surface area contributed by atoms with Crippen molar-refractivity contribution < 1.29 is 14.5 Å². The highest BCUT2D eigenvalue weighted by Gasteiger charge is 2.22. The highest BCUT2D eigenvalue weighted by atomic mass is 16.6. The third-order valence-corrected chi connectivity index (χ3v) is 5.57. The Morgan fingerprint density at radius 1 is 1.07 bits per heavy atom. The van der Waals surface area contributed by atoms with Gasteiger partial charge in [0.15, 0.2) is 0 Å². The molecule has 2 aromatic rings. The van der Waals surface area contributed by atoms with Crippen LogP contribution >= 0.6 is 0 Å². The molecule has 1 saturated heterocycles. The van der Waals surface area contributed by atoms with E-state index < -0.39 is 4.92 Å². The number of aryl methyl sites for hydroxylation is 1. The van der Waals surface area contributed by atoms with Crippen molar-refractivity contribution in [3.05, 3.63) is 63.2 Å². The molecule has 160 valence electrons. The van der Waals surface area contributed by atoms with Crippen molar-refractivity contribution in [3.8, 4) is 5.75 Å². The molecular formula is C22H28N4O4. The smallest absolute Gasteiger partial charge is 0.293 e. The third kappa shape index (κ3) is 5.34. The first kappa shape index (κ1) is 21.7. The van der Waals surface area contributed by atoms with Crippen LogP contribution in [0.3, 0.4) is 0 Å². The van der Waals surface area contributed by atoms with Crippen LogP contribution in [0.1, 0.15) is 16.7 Å². The van der Waals surface area contributed by atoms with Crippen LogP contribution in [0.15, 0.2) is 36.4 Å². The van der Waals surface area contributed by atoms with E-state index in [1.807, 2.05) is 19.1 Å². The van der Waals surface area contributed by atoms with E-state index in [-0.39, 0.29) is 18.1 Å². The number of carbonyl (C=O) groups is 1. The predicted molar refractivity (Wildman–Crippen MR) is 116 cm³/mol. The molecule has 1 aliphatic heterocycles. The lowest BCUT2D eigenvalue weighted by Gasteiger charge is -2.34. The first-order valence-electron chi connectivity index (χ1n) is 9.99. The lowest BCUT2D eigenvalue weighted by atomic mass is 10.1. The van der Waals surface area contributed by atoms with Gasteiger partial charge in [-0.15, -0.1) is 0 Å². The summed E-state index contributed by atoms with van der Waals surface area (Å²) in [5.41, 5.74) is 3.08. The summed E-state index contributed by atoms with van der Waals surface area (Å²) in [6.07, 6.45) is 0. The minimum atomic E-state index is -0.458. The number of ether oxygens (including phenoxy) is 1. The number of hydrogen-bond donors (Lipinski definition) is 1. The molecule has 1 aliphatic rings. The number of nitro groups is 1. The van der Waals surface area contributed by atoms with Gasteiger partial charge in [-0.1, -0.05) is 18.2 Å². The van der Waals surface area contributed by atoms with E-state index in [9.17, 15) is 14.9 Å². The molecule has 8 heteroatoms. The Bertz CT molecular complexity index is 906. The normalized spacial score (nSPS) is 15.0. The SMILES string of the molecule is COc1ccc(CN2CCN(CC(=O)Nc3c([N+](=O)[O-])ccc(C)c3C)CC2)cc1. The summed E-state index contributed by atoms with van der Waals surface area (Å²) >= 11 is 0. The second kappa shape index (κ2) is 9.69. The molecule has 0 unspecified atom stereocenters. The van der Waals surface area contributed by atoms with E-state index in [2.05, 4.69) is 27.2 Å². The van der Waals surface area contributed by atoms with E-state index >= 15 is 0 Å². The first-order valence-corrected chi connectivity index (χ1v) is 9.99. The first-order chi connectivity index (χ1) is 14.4. The van der Waals surface area contributed by atoms with Crippen molar-refractivity contribution in [1.82, 2.24) is 9.80 Å². The molecule has 0 spiro atoms. The molecule has 0 aromatic heterocycles. The molecule has 1 N–H and O–H groups in total. The number of methoxy groups -OCH3 is 1. The van der Waals surface area contributed by atoms with Crippen molar-refractivity contribution in [1.29, 1.82) is 0 Å². The molecule has 0 atom stereocenters. The maximum Gasteiger partial charge on any atom is 0.293 e. The topological polar surface area (TPSA) is 88.0 Å². The van der Waals surface area contributed by atoms with Gasteiger partial charge in [-0.3, -0.25) is 24.7 Å². The molecule has 0 saturated carbocycles. The molecule has 2 aromatic carbocycles. The van der Waals surface area contributed by atoms with Crippen LogP contribution in [0.5, 0.6) is 5.75 Å². The second-order valence-electron chi connectivity index (χ2n) is 7.61. The molecule has 1 heterocycles. The summed E-state index contributed by atoms with van der Waals surface area (Å²) in [5, 5.41) is 14.1. The fourth-order valence-electron chi connectivity index (χ4n) is 3.59. The Morgan fingerprint density at radius 2 is 1.70 bits per heavy atom. The van der Waals surface area contributed by atoms with Crippen molar-refractivity contribution in [2.24, 2.45) is 0 Å². The van der Waals surface area contributed by atoms with Gasteiger partial charge in [0.25, 0.3) is 5.69 Å². The number of rotatable bonds is 7. The molecule has 0 aliphatic carbocycles. The number of hydrogen-bond acceptors (Lipinski definition) is 6. The van der Waals surface area contributed by atoms with Gasteiger partial charge in [0.05, 0.1) is 18.6 Å². The van der Waals surface area contributed by atoms with Crippen LogP contribution in [-0.4, -0.2) is 60.5 Å². The zero-order valence-electron chi connectivity index (χ0n) is 17.7. The van der Waals surface area contributed by atoms with Crippen molar-refractivity contribution in [2.45, 2.75) is 20.4 Å². The number of carbonyl (C=O) groups excluding carboxylic acids is 1. The minimum Gasteiger partial charge on any atom is -0.497 e. The molecule has 30 heavy (non-hydrogen) atoms. The summed E-state index contributed by atoms with van der Waals surface area (Å²) in [6.45, 7) is 8.02. The van der Waals surface area contributed by atoms with Gasteiger partial charge >= 0.3 is 0 Å². The molecule has 8 nitrogen and oxygen atoms in total. The monoisotopic (exact) mass is 412 g/mol. The standard InChI is InChI=1S/C22H28N4O4/c1-16-4-9-20(26(28)29)22(17(16)2)23-21(27)15-25-12-10-24(11-13-25)14-18-5-7-19(30-3)8-6-18/h4-9H,10-15H2,1-3H3,(H,23,27). The van der Waals surface area contributed by atoms with Crippen molar-refractivity contribution in [3.63, 3.8) is 0 Å². The van der Waals surface area contributed by atoms with Gasteiger partial charge in [-0.25, -0.2) is 0 Å². The Labute approximate surface area is 176 Å². The Morgan fingerprint density at radius 3 is 2.30 bits per heavy atom. The van der Waals surface area contributed by atoms with Gasteiger partial charge in [-0.2, -0.15) is 0 Å². The average molecular weight is 412 g/mol. The van der Waals surface area contributed by atoms with E-state index in [0.717, 1.165) is 49.6 Å². The summed E-state index contributed by atoms with van der Waals surface area (Å²) in [6, 6.07) is 11.2. The van der Waals surface area contributed by atoms with Gasteiger partial charge < -0.3 is 10.1 Å². The second-order valence-corrected chi connectivity index (χ2v) is 7.61. The van der Waals surface area contributed by atoms with Crippen LogP contribution in [0.4, 0.5) is 11.4 Å². The van der Waals surface area contributed by atoms with Gasteiger partial charge in [0.2, 0.25) is 5.91 Å². The molecule has 0 radical (unpaired) electrons. The molecule has 3 rings (SSSR count). The number of piperazine rings is 1. The summed E-state index contributed by atoms with van der Waals surface area (Å²) in [7, 11) is 1.66. The lowest BCUT2D eigenvalue weighted by Crippen LogP contribution is -2.48. The Balaban J connectivity index is 1.52. The molecule has 1 fully saturated rings. The highest BCUT2D eigenvalue weighted by Crippen LogP contribution is 2.30. The largest absolute Gasteiger partial charge is 0.497 e. The number of amides is 1. The summed E-state index contributed by atoms with van der Waals surface area (Å²) in [4.78, 5) is 27.8. The molecular weight excluding hydrogens is 384 g/mol. The summed E-state index contributed by atoms with van der Waals surface area (Å²) in [5.74, 6) is 0.620. The van der Waals surface area contributed by atoms with E-state index in [1.165, 1.54) is 11.6 Å². The lowest BCUT2D eigenvalue weighted by molar-refractivity contribution is -0.384. The van der Waals surface area contributed by atoms with E-state index in [0.29, 0.717) is 5.69 Å². The van der Waals surface area contributed by atoms with Crippen LogP contribution in [0.25, 0.3) is 0 Å². The highest BCUT2D eigenvalue weighted by molar-refractivity contribution is 5.95. The molecule has 1 amide bonds. The number of anilines is 1. The van der Waals surface area contributed by atoms with Crippen LogP contribution in [0.2, 0.25) is 0 Å². The Hall–Kier alpha value is -2.97. The summed E-state index contributed by atoms with van der Waals surface area (Å²) < 4.78 is 5.19. The zero-order valence-corrected chi connectivity index (χ0v) is 17.7. The van der Waals surface area contributed by atoms with Crippen LogP contribution in [0, 0.1) is 24.0 Å². The van der Waals surface area contributed by atoms with Gasteiger partial charge in [-0.05, 0) is 42.7 Å². The van der Waals surface area contributed by atoms with Crippen molar-refractivity contribution >= 4 is 17.3 Å². The van der Waals surface area contributed by atoms with E-state index in [1.54, 1.807) is 20.1 Å². The number of nitro benzene ring substituents is 1. The van der Waals surface area contributed by atoms with E-state index in [4.69, 9.17) is 4.74 Å². The fourth-order valence-corrected chi connectivity index (χ4v) is 3.59. The fraction of sp³-hybridized carbons (Fsp3) is 0.409. The van der Waals surface area contributed by atoms with Crippen LogP contribution < -0.4 is 10.1 Å². The van der Waals surface area contributed by atoms with Gasteiger partial charge in [0, 0.05) is 38.8 Å². The third-order valence-electron chi connectivity index (χ3n) is 5.57. The van der Waals surface area contributed by atoms with Crippen molar-refractivity contribution in [2.75, 3.05) is 45.2 Å². The molecule has 0 bridgehead atoms. The predicted octanol–water partition coefficient (Wildman–Crippen LogP) is 2.98. The number of benzene rings is 2. The quantitative estimate of drug-likeness (QED) is 0.556. The maximum absolute atomic E-state index is 12.6. The minimum absolute atomic E-state index is 0.0734. The Kier molecular flexibility index (Phi) is 7.02.